The van der Waals surface area contributed by atoms with Crippen molar-refractivity contribution in [1.82, 2.24) is 9.21 Å². The number of sulfonamides is 1. The number of hydrogen-bond acceptors (Lipinski definition) is 4. The first kappa shape index (κ1) is 21.3. The van der Waals surface area contributed by atoms with Crippen molar-refractivity contribution in [1.29, 1.82) is 0 Å². The fourth-order valence-corrected chi connectivity index (χ4v) is 4.68. The zero-order chi connectivity index (χ0) is 21.0. The molecule has 1 aliphatic heterocycles. The van der Waals surface area contributed by atoms with Gasteiger partial charge in [0.05, 0.1) is 17.9 Å². The molecule has 0 atom stereocenters. The van der Waals surface area contributed by atoms with E-state index in [1.807, 2.05) is 13.8 Å². The van der Waals surface area contributed by atoms with Gasteiger partial charge in [0.1, 0.15) is 0 Å². The summed E-state index contributed by atoms with van der Waals surface area (Å²) < 4.78 is 46.0. The normalized spacial score (nSPS) is 15.3. The van der Waals surface area contributed by atoms with Crippen LogP contribution in [0, 0.1) is 19.7 Å². The topological polar surface area (TPSA) is 66.9 Å². The summed E-state index contributed by atoms with van der Waals surface area (Å²) in [6.45, 7) is 5.02. The zero-order valence-corrected chi connectivity index (χ0v) is 17.4. The van der Waals surface area contributed by atoms with Gasteiger partial charge in [-0.15, -0.1) is 0 Å². The van der Waals surface area contributed by atoms with Gasteiger partial charge in [-0.2, -0.15) is 4.31 Å². The number of nitrogens with zero attached hydrogens (tertiary/aromatic N) is 2. The predicted molar refractivity (Wildman–Crippen MR) is 108 cm³/mol. The number of piperazine rings is 1. The summed E-state index contributed by atoms with van der Waals surface area (Å²) in [5, 5.41) is 0. The van der Waals surface area contributed by atoms with Crippen LogP contribution in [0.2, 0.25) is 0 Å². The summed E-state index contributed by atoms with van der Waals surface area (Å²) in [6, 6.07) is 11.1. The molecule has 0 radical (unpaired) electrons. The van der Waals surface area contributed by atoms with Gasteiger partial charge in [0, 0.05) is 26.2 Å². The lowest BCUT2D eigenvalue weighted by molar-refractivity contribution is -0.132. The lowest BCUT2D eigenvalue weighted by Gasteiger charge is -2.34. The number of ether oxygens (including phenoxy) is 1. The lowest BCUT2D eigenvalue weighted by atomic mass is 10.1. The van der Waals surface area contributed by atoms with Crippen molar-refractivity contribution >= 4 is 15.9 Å². The largest absolute Gasteiger partial charge is 0.490 e. The van der Waals surface area contributed by atoms with Crippen LogP contribution >= 0.6 is 0 Å². The van der Waals surface area contributed by atoms with E-state index in [4.69, 9.17) is 4.74 Å². The highest BCUT2D eigenvalue weighted by molar-refractivity contribution is 7.89. The van der Waals surface area contributed by atoms with Gasteiger partial charge in [0.2, 0.25) is 15.9 Å². The third-order valence-electron chi connectivity index (χ3n) is 5.12. The van der Waals surface area contributed by atoms with Gasteiger partial charge in [-0.1, -0.05) is 18.2 Å². The third-order valence-corrected chi connectivity index (χ3v) is 7.01. The predicted octanol–water partition coefficient (Wildman–Crippen LogP) is 2.74. The molecule has 8 heteroatoms. The van der Waals surface area contributed by atoms with Crippen LogP contribution < -0.4 is 4.74 Å². The van der Waals surface area contributed by atoms with Crippen molar-refractivity contribution in [2.75, 3.05) is 32.8 Å². The van der Waals surface area contributed by atoms with Gasteiger partial charge in [0.25, 0.3) is 0 Å². The molecule has 1 saturated heterocycles. The highest BCUT2D eigenvalue weighted by Gasteiger charge is 2.30. The highest BCUT2D eigenvalue weighted by atomic mass is 32.2. The maximum Gasteiger partial charge on any atom is 0.243 e. The summed E-state index contributed by atoms with van der Waals surface area (Å²) in [4.78, 5) is 14.3. The average Bonchev–Trinajstić information content (AvgIpc) is 2.71. The van der Waals surface area contributed by atoms with Crippen molar-refractivity contribution < 1.29 is 22.3 Å². The van der Waals surface area contributed by atoms with Crippen molar-refractivity contribution in [3.63, 3.8) is 0 Å². The van der Waals surface area contributed by atoms with Gasteiger partial charge in [-0.3, -0.25) is 4.79 Å². The van der Waals surface area contributed by atoms with Gasteiger partial charge >= 0.3 is 0 Å². The van der Waals surface area contributed by atoms with E-state index in [0.717, 1.165) is 11.1 Å². The molecule has 6 nitrogen and oxygen atoms in total. The third kappa shape index (κ3) is 4.94. The molecule has 0 N–H and O–H groups in total. The van der Waals surface area contributed by atoms with Crippen molar-refractivity contribution in [3.8, 4) is 5.75 Å². The quantitative estimate of drug-likeness (QED) is 0.721. The number of halogens is 1. The van der Waals surface area contributed by atoms with Crippen LogP contribution in [0.25, 0.3) is 0 Å². The number of para-hydroxylation sites is 1. The van der Waals surface area contributed by atoms with Crippen molar-refractivity contribution in [2.45, 2.75) is 25.2 Å². The van der Waals surface area contributed by atoms with E-state index in [1.165, 1.54) is 16.4 Å². The first-order valence-electron chi connectivity index (χ1n) is 9.51. The minimum absolute atomic E-state index is 0.0704. The van der Waals surface area contributed by atoms with E-state index in [2.05, 4.69) is 0 Å². The van der Waals surface area contributed by atoms with Crippen LogP contribution in [-0.4, -0.2) is 56.3 Å². The van der Waals surface area contributed by atoms with Gasteiger partial charge in [-0.25, -0.2) is 12.8 Å². The molecule has 0 saturated carbocycles. The first-order valence-corrected chi connectivity index (χ1v) is 11.0. The SMILES string of the molecule is Cc1ccc(S(=O)(=O)N2CCN(C(=O)CCOc3ccccc3F)CC2)cc1C. The molecular formula is C21H25FN2O4S. The molecule has 2 aromatic rings. The van der Waals surface area contributed by atoms with E-state index in [9.17, 15) is 17.6 Å². The van der Waals surface area contributed by atoms with Gasteiger partial charge < -0.3 is 9.64 Å². The van der Waals surface area contributed by atoms with Crippen LogP contribution in [0.15, 0.2) is 47.4 Å². The van der Waals surface area contributed by atoms with E-state index < -0.39 is 15.8 Å². The molecule has 1 aliphatic rings. The molecule has 3 rings (SSSR count). The minimum Gasteiger partial charge on any atom is -0.490 e. The van der Waals surface area contributed by atoms with Crippen LogP contribution in [0.5, 0.6) is 5.75 Å². The second kappa shape index (κ2) is 8.92. The standard InChI is InChI=1S/C21H25FN2O4S/c1-16-7-8-18(15-17(16)2)29(26,27)24-12-10-23(11-13-24)21(25)9-14-28-20-6-4-3-5-19(20)22/h3-8,15H,9-14H2,1-2H3. The maximum absolute atomic E-state index is 13.5. The molecule has 2 aromatic carbocycles. The van der Waals surface area contributed by atoms with E-state index >= 15 is 0 Å². The van der Waals surface area contributed by atoms with Crippen molar-refractivity contribution in [2.24, 2.45) is 0 Å². The molecule has 29 heavy (non-hydrogen) atoms. The summed E-state index contributed by atoms with van der Waals surface area (Å²) in [5.41, 5.74) is 1.96. The second-order valence-corrected chi connectivity index (χ2v) is 9.00. The van der Waals surface area contributed by atoms with Crippen LogP contribution in [0.4, 0.5) is 4.39 Å². The molecule has 1 fully saturated rings. The van der Waals surface area contributed by atoms with Crippen LogP contribution in [0.3, 0.4) is 0 Å². The minimum atomic E-state index is -3.58. The lowest BCUT2D eigenvalue weighted by Crippen LogP contribution is -2.50. The Morgan fingerprint density at radius 3 is 2.38 bits per heavy atom. The van der Waals surface area contributed by atoms with E-state index in [0.29, 0.717) is 13.1 Å². The molecule has 1 amide bonds. The molecule has 0 spiro atoms. The molecule has 0 bridgehead atoms. The Morgan fingerprint density at radius 1 is 1.03 bits per heavy atom. The number of carbonyl (C=O) groups excluding carboxylic acids is 1. The number of rotatable bonds is 6. The zero-order valence-electron chi connectivity index (χ0n) is 16.6. The Balaban J connectivity index is 1.52. The second-order valence-electron chi connectivity index (χ2n) is 7.06. The summed E-state index contributed by atoms with van der Waals surface area (Å²) in [6.07, 6.45) is 0.109. The summed E-state index contributed by atoms with van der Waals surface area (Å²) in [7, 11) is -3.58. The monoisotopic (exact) mass is 420 g/mol. The smallest absolute Gasteiger partial charge is 0.243 e. The Hall–Kier alpha value is -2.45. The number of aryl methyl sites for hydroxylation is 2. The molecule has 0 aliphatic carbocycles. The van der Waals surface area contributed by atoms with E-state index in [-0.39, 0.29) is 42.7 Å². The fourth-order valence-electron chi connectivity index (χ4n) is 3.17. The molecule has 156 valence electrons. The van der Waals surface area contributed by atoms with Crippen LogP contribution in [-0.2, 0) is 14.8 Å². The molecule has 0 unspecified atom stereocenters. The Bertz CT molecular complexity index is 986. The summed E-state index contributed by atoms with van der Waals surface area (Å²) >= 11 is 0. The Labute approximate surface area is 170 Å². The van der Waals surface area contributed by atoms with Crippen molar-refractivity contribution in [3.05, 3.63) is 59.4 Å². The summed E-state index contributed by atoms with van der Waals surface area (Å²) in [5.74, 6) is -0.487. The number of amides is 1. The fraction of sp³-hybridized carbons (Fsp3) is 0.381. The van der Waals surface area contributed by atoms with Gasteiger partial charge in [0.15, 0.2) is 11.6 Å². The molecular weight excluding hydrogens is 395 g/mol. The maximum atomic E-state index is 13.5. The molecule has 0 aromatic heterocycles. The van der Waals surface area contributed by atoms with Crippen LogP contribution in [0.1, 0.15) is 17.5 Å². The highest BCUT2D eigenvalue weighted by Crippen LogP contribution is 2.21. The number of hydrogen-bond donors (Lipinski definition) is 0. The Morgan fingerprint density at radius 2 is 1.72 bits per heavy atom. The molecule has 1 heterocycles. The number of carbonyl (C=O) groups is 1. The number of benzene rings is 2. The first-order chi connectivity index (χ1) is 13.8. The van der Waals surface area contributed by atoms with E-state index in [1.54, 1.807) is 35.2 Å². The average molecular weight is 421 g/mol. The van der Waals surface area contributed by atoms with Gasteiger partial charge in [-0.05, 0) is 49.2 Å². The Kier molecular flexibility index (Phi) is 6.54.